The van der Waals surface area contributed by atoms with Crippen LogP contribution in [0.3, 0.4) is 0 Å². The molecule has 0 saturated carbocycles. The van der Waals surface area contributed by atoms with Crippen LogP contribution < -0.4 is 0 Å². The van der Waals surface area contributed by atoms with Crippen molar-refractivity contribution in [1.82, 2.24) is 9.55 Å². The van der Waals surface area contributed by atoms with Crippen LogP contribution in [0.4, 0.5) is 0 Å². The van der Waals surface area contributed by atoms with Crippen molar-refractivity contribution >= 4 is 22.0 Å². The van der Waals surface area contributed by atoms with Gasteiger partial charge in [0.1, 0.15) is 17.7 Å². The quantitative estimate of drug-likeness (QED) is 0.244. The van der Waals surface area contributed by atoms with Crippen molar-refractivity contribution in [2.45, 2.75) is 13.8 Å². The maximum atomic E-state index is 7.99. The van der Waals surface area contributed by atoms with E-state index in [1.165, 1.54) is 0 Å². The Hall–Kier alpha value is -4.89. The monoisotopic (exact) mass is 493 g/mol. The highest BCUT2D eigenvalue weighted by Gasteiger charge is 2.23. The number of nitrogens with zero attached hydrogens (tertiary/aromatic N) is 2. The van der Waals surface area contributed by atoms with Crippen LogP contribution in [-0.4, -0.2) is 9.55 Å². The van der Waals surface area contributed by atoms with Crippen LogP contribution in [0.15, 0.2) is 126 Å². The summed E-state index contributed by atoms with van der Waals surface area (Å²) < 4.78 is 32.1. The number of aromatic nitrogens is 2. The molecular formula is C35H26N2O. The Kier molecular flexibility index (Phi) is 4.51. The van der Waals surface area contributed by atoms with Gasteiger partial charge in [0.05, 0.1) is 22.3 Å². The van der Waals surface area contributed by atoms with Crippen molar-refractivity contribution in [1.29, 1.82) is 0 Å². The van der Waals surface area contributed by atoms with Crippen LogP contribution in [0.1, 0.15) is 15.2 Å². The summed E-state index contributed by atoms with van der Waals surface area (Å²) >= 11 is 0. The van der Waals surface area contributed by atoms with Gasteiger partial charge in [0.25, 0.3) is 0 Å². The van der Waals surface area contributed by atoms with Gasteiger partial charge in [-0.05, 0) is 66.9 Å². The van der Waals surface area contributed by atoms with Crippen molar-refractivity contribution in [2.24, 2.45) is 0 Å². The lowest BCUT2D eigenvalue weighted by molar-refractivity contribution is 0.616. The third-order valence-corrected chi connectivity index (χ3v) is 7.02. The number of para-hydroxylation sites is 2. The molecule has 0 saturated heterocycles. The predicted octanol–water partition coefficient (Wildman–Crippen LogP) is 9.39. The van der Waals surface area contributed by atoms with E-state index < -0.39 is 6.85 Å². The second-order valence-electron chi connectivity index (χ2n) is 9.56. The smallest absolute Gasteiger partial charge is 0.149 e. The van der Waals surface area contributed by atoms with E-state index in [0.29, 0.717) is 16.8 Å². The normalized spacial score (nSPS) is 12.9. The first-order chi connectivity index (χ1) is 19.9. The lowest BCUT2D eigenvalue weighted by Crippen LogP contribution is -2.03. The Labute approximate surface area is 225 Å². The van der Waals surface area contributed by atoms with E-state index in [-0.39, 0.29) is 5.56 Å². The summed E-state index contributed by atoms with van der Waals surface area (Å²) in [6.45, 7) is -0.115. The Morgan fingerprint density at radius 2 is 1.34 bits per heavy atom. The summed E-state index contributed by atoms with van der Waals surface area (Å²) in [6, 6.07) is 38.3. The minimum atomic E-state index is -2.24. The Bertz CT molecular complexity index is 1980. The summed E-state index contributed by atoms with van der Waals surface area (Å²) in [7, 11) is 0. The van der Waals surface area contributed by atoms with E-state index in [1.54, 1.807) is 24.5 Å². The number of imidazole rings is 1. The molecule has 0 radical (unpaired) electrons. The van der Waals surface area contributed by atoms with Crippen LogP contribution in [0.2, 0.25) is 0 Å². The molecule has 2 heterocycles. The maximum Gasteiger partial charge on any atom is 0.149 e. The maximum absolute atomic E-state index is 7.99. The van der Waals surface area contributed by atoms with Crippen molar-refractivity contribution in [3.05, 3.63) is 133 Å². The van der Waals surface area contributed by atoms with E-state index in [1.807, 2.05) is 30.3 Å². The zero-order chi connectivity index (χ0) is 28.1. The molecular weight excluding hydrogens is 464 g/mol. The summed E-state index contributed by atoms with van der Waals surface area (Å²) in [6.07, 6.45) is 1.68. The fraction of sp³-hybridized carbons (Fsp3) is 0.0571. The second-order valence-corrected chi connectivity index (χ2v) is 9.56. The van der Waals surface area contributed by atoms with Crippen LogP contribution >= 0.6 is 0 Å². The summed E-state index contributed by atoms with van der Waals surface area (Å²) in [5.74, 6) is 0.686. The molecule has 7 rings (SSSR count). The van der Waals surface area contributed by atoms with Crippen LogP contribution in [0.5, 0.6) is 0 Å². The zero-order valence-corrected chi connectivity index (χ0v) is 20.8. The third kappa shape index (κ3) is 3.63. The summed E-state index contributed by atoms with van der Waals surface area (Å²) in [5.41, 5.74) is 9.87. The van der Waals surface area contributed by atoms with Gasteiger partial charge >= 0.3 is 0 Å². The van der Waals surface area contributed by atoms with Crippen molar-refractivity contribution in [3.63, 3.8) is 0 Å². The molecule has 0 atom stereocenters. The molecule has 0 bridgehead atoms. The average Bonchev–Trinajstić information content (AvgIpc) is 3.58. The van der Waals surface area contributed by atoms with Crippen molar-refractivity contribution in [3.8, 4) is 39.3 Å². The first-order valence-electron chi connectivity index (χ1n) is 14.1. The molecule has 0 aliphatic carbocycles. The SMILES string of the molecule is [2H]C([2H])([2H])c1ccc2occ(-c3nc4ccccc4n3-c3c(-c4ccccc4)cc(C)cc3-c3ccccc3)c2c1. The Morgan fingerprint density at radius 1 is 0.684 bits per heavy atom. The van der Waals surface area contributed by atoms with Crippen molar-refractivity contribution < 1.29 is 8.53 Å². The van der Waals surface area contributed by atoms with E-state index in [9.17, 15) is 0 Å². The number of aryl methyl sites for hydroxylation is 2. The Balaban J connectivity index is 1.62. The molecule has 3 nitrogen and oxygen atoms in total. The van der Waals surface area contributed by atoms with Gasteiger partial charge in [0.2, 0.25) is 0 Å². The summed E-state index contributed by atoms with van der Waals surface area (Å²) in [5, 5.41) is 0.713. The van der Waals surface area contributed by atoms with Crippen molar-refractivity contribution in [2.75, 3.05) is 0 Å². The standard InChI is InChI=1S/C35H26N2O/c1-23-17-18-33-29(19-23)30(22-38-33)35-36-31-15-9-10-16-32(31)37(35)34-27(25-11-5-3-6-12-25)20-24(2)21-28(34)26-13-7-4-8-14-26/h3-22H,1-2H3/i1D3. The van der Waals surface area contributed by atoms with Gasteiger partial charge in [-0.3, -0.25) is 4.57 Å². The molecule has 38 heavy (non-hydrogen) atoms. The molecule has 5 aromatic carbocycles. The van der Waals surface area contributed by atoms with Crippen LogP contribution in [0.25, 0.3) is 61.3 Å². The minimum Gasteiger partial charge on any atom is -0.464 e. The molecule has 2 aromatic heterocycles. The molecule has 0 fully saturated rings. The highest BCUT2D eigenvalue weighted by Crippen LogP contribution is 2.42. The lowest BCUT2D eigenvalue weighted by Gasteiger charge is -2.20. The third-order valence-electron chi connectivity index (χ3n) is 7.02. The van der Waals surface area contributed by atoms with Gasteiger partial charge in [0.15, 0.2) is 0 Å². The largest absolute Gasteiger partial charge is 0.464 e. The fourth-order valence-electron chi connectivity index (χ4n) is 5.33. The van der Waals surface area contributed by atoms with Gasteiger partial charge in [0, 0.05) is 20.6 Å². The predicted molar refractivity (Wildman–Crippen MR) is 157 cm³/mol. The summed E-state index contributed by atoms with van der Waals surface area (Å²) in [4.78, 5) is 5.13. The number of rotatable bonds is 4. The molecule has 0 aliphatic rings. The zero-order valence-electron chi connectivity index (χ0n) is 23.8. The molecule has 0 N–H and O–H groups in total. The first kappa shape index (κ1) is 19.3. The van der Waals surface area contributed by atoms with E-state index in [0.717, 1.165) is 50.1 Å². The van der Waals surface area contributed by atoms with Gasteiger partial charge in [-0.15, -0.1) is 0 Å². The van der Waals surface area contributed by atoms with Gasteiger partial charge in [-0.25, -0.2) is 4.98 Å². The van der Waals surface area contributed by atoms with Gasteiger partial charge < -0.3 is 4.42 Å². The minimum absolute atomic E-state index is 0.264. The molecule has 0 aliphatic heterocycles. The average molecular weight is 494 g/mol. The molecule has 182 valence electrons. The van der Waals surface area contributed by atoms with Gasteiger partial charge in [-0.1, -0.05) is 84.4 Å². The molecule has 3 heteroatoms. The number of hydrogen-bond donors (Lipinski definition) is 0. The molecule has 0 amide bonds. The number of fused-ring (bicyclic) bond motifs is 2. The second kappa shape index (κ2) is 8.89. The van der Waals surface area contributed by atoms with Gasteiger partial charge in [-0.2, -0.15) is 0 Å². The van der Waals surface area contributed by atoms with E-state index in [4.69, 9.17) is 13.5 Å². The molecule has 0 spiro atoms. The van der Waals surface area contributed by atoms with Crippen LogP contribution in [0, 0.1) is 13.8 Å². The fourth-order valence-corrected chi connectivity index (χ4v) is 5.33. The van der Waals surface area contributed by atoms with E-state index >= 15 is 0 Å². The highest BCUT2D eigenvalue weighted by molar-refractivity contribution is 5.98. The van der Waals surface area contributed by atoms with E-state index in [2.05, 4.69) is 78.2 Å². The highest BCUT2D eigenvalue weighted by atomic mass is 16.3. The van der Waals surface area contributed by atoms with Crippen LogP contribution in [-0.2, 0) is 0 Å². The number of furan rings is 1. The number of benzene rings is 5. The Morgan fingerprint density at radius 3 is 2.03 bits per heavy atom. The first-order valence-corrected chi connectivity index (χ1v) is 12.6. The lowest BCUT2D eigenvalue weighted by atomic mass is 9.93. The number of hydrogen-bond acceptors (Lipinski definition) is 2. The molecule has 0 unspecified atom stereocenters. The molecule has 7 aromatic rings. The topological polar surface area (TPSA) is 31.0 Å².